The van der Waals surface area contributed by atoms with Gasteiger partial charge in [0, 0.05) is 48.0 Å². The first kappa shape index (κ1) is 21.7. The lowest BCUT2D eigenvalue weighted by molar-refractivity contribution is 0.380. The van der Waals surface area contributed by atoms with E-state index in [1.54, 1.807) is 18.4 Å². The van der Waals surface area contributed by atoms with E-state index in [-0.39, 0.29) is 0 Å². The van der Waals surface area contributed by atoms with Crippen LogP contribution < -0.4 is 20.7 Å². The van der Waals surface area contributed by atoms with E-state index in [1.165, 1.54) is 12.8 Å². The van der Waals surface area contributed by atoms with E-state index in [0.717, 1.165) is 62.5 Å². The summed E-state index contributed by atoms with van der Waals surface area (Å²) in [4.78, 5) is 17.5. The summed E-state index contributed by atoms with van der Waals surface area (Å²) in [5, 5.41) is 5.87. The molecule has 0 saturated carbocycles. The van der Waals surface area contributed by atoms with E-state index >= 15 is 0 Å². The standard InChI is InChI=1S/C25H28N6OS/c1-5-15(18(6-2)14(3)26)11-20-22-19(9-10-27-20)21-23(29-25(32-4)30-24(21)33-22)31-12-16-7-8-17(13-31)28-16/h2,9-11,16-17,28H,5,7-8,12-13,26H2,1,3-4H3/b15-11-,18-14+. The van der Waals surface area contributed by atoms with Gasteiger partial charge in [0.2, 0.25) is 0 Å². The number of thiophene rings is 1. The third-order valence-electron chi connectivity index (χ3n) is 6.49. The van der Waals surface area contributed by atoms with Crippen LogP contribution in [0, 0.1) is 12.3 Å². The largest absolute Gasteiger partial charge is 0.467 e. The van der Waals surface area contributed by atoms with Crippen molar-refractivity contribution in [2.75, 3.05) is 25.1 Å². The molecule has 8 heteroatoms. The first-order chi connectivity index (χ1) is 16.0. The topological polar surface area (TPSA) is 89.2 Å². The molecular formula is C25H28N6OS. The summed E-state index contributed by atoms with van der Waals surface area (Å²) in [6, 6.07) is 3.46. The van der Waals surface area contributed by atoms with Crippen LogP contribution in [-0.4, -0.2) is 47.2 Å². The molecule has 5 rings (SSSR count). The fourth-order valence-corrected chi connectivity index (χ4v) is 6.07. The van der Waals surface area contributed by atoms with Crippen molar-refractivity contribution in [3.63, 3.8) is 0 Å². The van der Waals surface area contributed by atoms with Gasteiger partial charge in [0.15, 0.2) is 0 Å². The Morgan fingerprint density at radius 2 is 2.12 bits per heavy atom. The fraction of sp³-hybridized carbons (Fsp3) is 0.400. The molecule has 2 aliphatic rings. The molecule has 0 amide bonds. The molecule has 0 aliphatic carbocycles. The van der Waals surface area contributed by atoms with E-state index in [1.807, 2.05) is 13.1 Å². The predicted molar refractivity (Wildman–Crippen MR) is 135 cm³/mol. The lowest BCUT2D eigenvalue weighted by Crippen LogP contribution is -2.51. The number of nitrogens with zero attached hydrogens (tertiary/aromatic N) is 4. The molecule has 170 valence electrons. The lowest BCUT2D eigenvalue weighted by Gasteiger charge is -2.34. The molecule has 0 radical (unpaired) electrons. The Balaban J connectivity index is 1.71. The number of hydrogen-bond acceptors (Lipinski definition) is 8. The summed E-state index contributed by atoms with van der Waals surface area (Å²) in [6.45, 7) is 5.78. The molecule has 7 nitrogen and oxygen atoms in total. The average molecular weight is 461 g/mol. The number of rotatable bonds is 5. The van der Waals surface area contributed by atoms with Gasteiger partial charge in [-0.05, 0) is 43.9 Å². The maximum atomic E-state index is 6.05. The number of nitrogens with two attached hydrogens (primary N) is 1. The number of methoxy groups -OCH3 is 1. The highest BCUT2D eigenvalue weighted by Gasteiger charge is 2.34. The first-order valence-corrected chi connectivity index (χ1v) is 12.1. The van der Waals surface area contributed by atoms with Gasteiger partial charge < -0.3 is 20.7 Å². The molecule has 3 aromatic heterocycles. The normalized spacial score (nSPS) is 21.4. The molecule has 2 bridgehead atoms. The van der Waals surface area contributed by atoms with Crippen molar-refractivity contribution in [1.82, 2.24) is 20.3 Å². The zero-order valence-electron chi connectivity index (χ0n) is 19.2. The third kappa shape index (κ3) is 3.81. The number of nitrogens with one attached hydrogen (secondary N) is 1. The number of hydrogen-bond donors (Lipinski definition) is 2. The predicted octanol–water partition coefficient (Wildman–Crippen LogP) is 3.85. The number of ether oxygens (including phenoxy) is 1. The Kier molecular flexibility index (Phi) is 5.69. The molecule has 2 fully saturated rings. The van der Waals surface area contributed by atoms with E-state index in [4.69, 9.17) is 26.9 Å². The second-order valence-corrected chi connectivity index (χ2v) is 9.66. The Bertz CT molecular complexity index is 1320. The van der Waals surface area contributed by atoms with E-state index in [2.05, 4.69) is 40.2 Å². The van der Waals surface area contributed by atoms with Crippen molar-refractivity contribution in [2.45, 2.75) is 45.2 Å². The van der Waals surface area contributed by atoms with Crippen LogP contribution in [0.1, 0.15) is 38.8 Å². The highest BCUT2D eigenvalue weighted by Crippen LogP contribution is 2.41. The molecule has 2 unspecified atom stereocenters. The zero-order chi connectivity index (χ0) is 23.1. The van der Waals surface area contributed by atoms with Crippen molar-refractivity contribution < 1.29 is 4.74 Å². The monoisotopic (exact) mass is 460 g/mol. The second-order valence-electron chi connectivity index (χ2n) is 8.66. The van der Waals surface area contributed by atoms with Crippen molar-refractivity contribution in [1.29, 1.82) is 0 Å². The van der Waals surface area contributed by atoms with Crippen LogP contribution in [0.25, 0.3) is 26.4 Å². The molecule has 2 atom stereocenters. The lowest BCUT2D eigenvalue weighted by atomic mass is 10.0. The Morgan fingerprint density at radius 1 is 1.36 bits per heavy atom. The highest BCUT2D eigenvalue weighted by molar-refractivity contribution is 7.25. The molecule has 3 aromatic rings. The van der Waals surface area contributed by atoms with Crippen molar-refractivity contribution in [2.24, 2.45) is 5.73 Å². The first-order valence-electron chi connectivity index (χ1n) is 11.3. The average Bonchev–Trinajstić information content (AvgIpc) is 3.37. The number of aromatic nitrogens is 3. The van der Waals surface area contributed by atoms with Crippen molar-refractivity contribution >= 4 is 43.5 Å². The summed E-state index contributed by atoms with van der Waals surface area (Å²) in [7, 11) is 1.62. The minimum atomic E-state index is 0.394. The second kappa shape index (κ2) is 8.65. The number of anilines is 1. The number of piperazine rings is 1. The Morgan fingerprint density at radius 3 is 2.76 bits per heavy atom. The summed E-state index contributed by atoms with van der Waals surface area (Å²) in [6.07, 6.45) is 12.8. The van der Waals surface area contributed by atoms with Gasteiger partial charge in [0.1, 0.15) is 10.6 Å². The molecular weight excluding hydrogens is 432 g/mol. The summed E-state index contributed by atoms with van der Waals surface area (Å²) >= 11 is 1.61. The van der Waals surface area contributed by atoms with Gasteiger partial charge in [-0.1, -0.05) is 12.8 Å². The highest BCUT2D eigenvalue weighted by atomic mass is 32.1. The van der Waals surface area contributed by atoms with Gasteiger partial charge in [-0.2, -0.15) is 9.97 Å². The molecule has 5 heterocycles. The molecule has 2 aliphatic heterocycles. The molecule has 3 N–H and O–H groups in total. The van der Waals surface area contributed by atoms with Crippen LogP contribution in [0.2, 0.25) is 0 Å². The van der Waals surface area contributed by atoms with Crippen LogP contribution in [-0.2, 0) is 0 Å². The van der Waals surface area contributed by atoms with E-state index in [0.29, 0.717) is 23.8 Å². The minimum Gasteiger partial charge on any atom is -0.467 e. The van der Waals surface area contributed by atoms with Crippen molar-refractivity contribution in [3.05, 3.63) is 34.8 Å². The van der Waals surface area contributed by atoms with Gasteiger partial charge in [0.05, 0.1) is 22.9 Å². The van der Waals surface area contributed by atoms with Crippen LogP contribution in [0.5, 0.6) is 6.01 Å². The SMILES string of the molecule is C#CC(/C(=C\c1nccc2c1sc1nc(OC)nc(N3CC4CCC(C3)N4)c12)CC)=C(/C)N. The fourth-order valence-electron chi connectivity index (χ4n) is 4.95. The zero-order valence-corrected chi connectivity index (χ0v) is 20.0. The number of allylic oxidation sites excluding steroid dienone is 3. The van der Waals surface area contributed by atoms with Gasteiger partial charge in [-0.15, -0.1) is 17.8 Å². The minimum absolute atomic E-state index is 0.394. The van der Waals surface area contributed by atoms with Crippen LogP contribution in [0.15, 0.2) is 29.1 Å². The number of fused-ring (bicyclic) bond motifs is 5. The van der Waals surface area contributed by atoms with Gasteiger partial charge in [-0.3, -0.25) is 4.98 Å². The molecule has 2 saturated heterocycles. The molecule has 0 spiro atoms. The maximum Gasteiger partial charge on any atom is 0.319 e. The Labute approximate surface area is 197 Å². The smallest absolute Gasteiger partial charge is 0.319 e. The third-order valence-corrected chi connectivity index (χ3v) is 7.61. The number of terminal acetylenes is 1. The van der Waals surface area contributed by atoms with E-state index < -0.39 is 0 Å². The summed E-state index contributed by atoms with van der Waals surface area (Å²) in [5.41, 5.74) is 9.29. The van der Waals surface area contributed by atoms with Crippen LogP contribution in [0.4, 0.5) is 5.82 Å². The Hall–Kier alpha value is -3.15. The summed E-state index contributed by atoms with van der Waals surface area (Å²) < 4.78 is 6.54. The van der Waals surface area contributed by atoms with Gasteiger partial charge >= 0.3 is 6.01 Å². The van der Waals surface area contributed by atoms with Crippen LogP contribution >= 0.6 is 11.3 Å². The maximum absolute atomic E-state index is 6.05. The van der Waals surface area contributed by atoms with Crippen molar-refractivity contribution in [3.8, 4) is 18.4 Å². The van der Waals surface area contributed by atoms with Gasteiger partial charge in [0.25, 0.3) is 0 Å². The van der Waals surface area contributed by atoms with E-state index in [9.17, 15) is 0 Å². The summed E-state index contributed by atoms with van der Waals surface area (Å²) in [5.74, 6) is 3.68. The molecule has 33 heavy (non-hydrogen) atoms. The number of pyridine rings is 1. The quantitative estimate of drug-likeness (QED) is 0.442. The van der Waals surface area contributed by atoms with Crippen LogP contribution in [0.3, 0.4) is 0 Å². The molecule has 0 aromatic carbocycles. The van der Waals surface area contributed by atoms with Gasteiger partial charge in [-0.25, -0.2) is 0 Å².